The Hall–Kier alpha value is -2.21. The Labute approximate surface area is 148 Å². The second-order valence-electron chi connectivity index (χ2n) is 5.85. The average molecular weight is 370 g/mol. The van der Waals surface area contributed by atoms with E-state index in [0.717, 1.165) is 11.6 Å². The Morgan fingerprint density at radius 2 is 2.00 bits per heavy atom. The van der Waals surface area contributed by atoms with Gasteiger partial charge in [-0.25, -0.2) is 0 Å². The maximum absolute atomic E-state index is 13.2. The zero-order chi connectivity index (χ0) is 18.2. The Balaban J connectivity index is 1.88. The molecule has 0 atom stereocenters. The first kappa shape index (κ1) is 17.6. The van der Waals surface area contributed by atoms with E-state index in [2.05, 4.69) is 0 Å². The minimum atomic E-state index is -4.52. The summed E-state index contributed by atoms with van der Waals surface area (Å²) >= 11 is 5.68. The van der Waals surface area contributed by atoms with Crippen molar-refractivity contribution in [3.8, 4) is 5.75 Å². The number of carbonyl (C=O) groups excluding carboxylic acids is 1. The molecule has 0 saturated carbocycles. The summed E-state index contributed by atoms with van der Waals surface area (Å²) < 4.78 is 45.1. The van der Waals surface area contributed by atoms with Gasteiger partial charge in [0.2, 0.25) is 0 Å². The SMILES string of the molecule is CN1CCc2c(OCc3ccc(Cl)cc3C(F)(F)F)cccc2C1=O. The molecule has 1 aliphatic rings. The number of hydrogen-bond acceptors (Lipinski definition) is 2. The van der Waals surface area contributed by atoms with E-state index in [0.29, 0.717) is 24.3 Å². The smallest absolute Gasteiger partial charge is 0.416 e. The van der Waals surface area contributed by atoms with Crippen LogP contribution in [0.3, 0.4) is 0 Å². The fraction of sp³-hybridized carbons (Fsp3) is 0.278. The average Bonchev–Trinajstić information content (AvgIpc) is 2.56. The molecule has 3 rings (SSSR count). The maximum atomic E-state index is 13.2. The van der Waals surface area contributed by atoms with Crippen LogP contribution in [0.15, 0.2) is 36.4 Å². The fourth-order valence-corrected chi connectivity index (χ4v) is 3.01. The standard InChI is InChI=1S/C18H15ClF3NO2/c1-23-8-7-13-14(17(23)24)3-2-4-16(13)25-10-11-5-6-12(19)9-15(11)18(20,21)22/h2-6,9H,7-8,10H2,1H3. The number of halogens is 4. The van der Waals surface area contributed by atoms with Crippen molar-refractivity contribution in [3.05, 3.63) is 63.7 Å². The quantitative estimate of drug-likeness (QED) is 0.793. The lowest BCUT2D eigenvalue weighted by atomic mass is 9.98. The first-order chi connectivity index (χ1) is 11.8. The summed E-state index contributed by atoms with van der Waals surface area (Å²) in [6.07, 6.45) is -3.92. The first-order valence-corrected chi connectivity index (χ1v) is 8.01. The monoisotopic (exact) mass is 369 g/mol. The number of hydrogen-bond donors (Lipinski definition) is 0. The van der Waals surface area contributed by atoms with E-state index in [1.165, 1.54) is 12.1 Å². The highest BCUT2D eigenvalue weighted by molar-refractivity contribution is 6.30. The van der Waals surface area contributed by atoms with E-state index in [1.807, 2.05) is 0 Å². The molecule has 0 radical (unpaired) electrons. The van der Waals surface area contributed by atoms with Gasteiger partial charge in [-0.15, -0.1) is 0 Å². The van der Waals surface area contributed by atoms with E-state index >= 15 is 0 Å². The van der Waals surface area contributed by atoms with Crippen LogP contribution in [-0.2, 0) is 19.2 Å². The van der Waals surface area contributed by atoms with E-state index in [4.69, 9.17) is 16.3 Å². The highest BCUT2D eigenvalue weighted by Crippen LogP contribution is 2.35. The third-order valence-corrected chi connectivity index (χ3v) is 4.40. The number of ether oxygens (including phenoxy) is 1. The maximum Gasteiger partial charge on any atom is 0.416 e. The lowest BCUT2D eigenvalue weighted by Gasteiger charge is -2.26. The lowest BCUT2D eigenvalue weighted by Crippen LogP contribution is -2.34. The van der Waals surface area contributed by atoms with Crippen LogP contribution in [0.1, 0.15) is 27.0 Å². The van der Waals surface area contributed by atoms with Crippen LogP contribution in [0.2, 0.25) is 5.02 Å². The molecular formula is C18H15ClF3NO2. The van der Waals surface area contributed by atoms with Gasteiger partial charge in [0.1, 0.15) is 12.4 Å². The minimum absolute atomic E-state index is 0.00578. The van der Waals surface area contributed by atoms with Crippen LogP contribution in [-0.4, -0.2) is 24.4 Å². The minimum Gasteiger partial charge on any atom is -0.489 e. The van der Waals surface area contributed by atoms with Crippen molar-refractivity contribution < 1.29 is 22.7 Å². The number of likely N-dealkylation sites (N-methyl/N-ethyl adjacent to an activating group) is 1. The Morgan fingerprint density at radius 3 is 2.72 bits per heavy atom. The third kappa shape index (κ3) is 3.58. The Kier molecular flexibility index (Phi) is 4.64. The predicted octanol–water partition coefficient (Wildman–Crippen LogP) is 4.57. The summed E-state index contributed by atoms with van der Waals surface area (Å²) in [7, 11) is 1.71. The number of benzene rings is 2. The van der Waals surface area contributed by atoms with E-state index in [9.17, 15) is 18.0 Å². The molecule has 1 amide bonds. The molecule has 3 nitrogen and oxygen atoms in total. The summed E-state index contributed by atoms with van der Waals surface area (Å²) in [5, 5.41) is 0.0156. The molecule has 2 aromatic carbocycles. The zero-order valence-electron chi connectivity index (χ0n) is 13.4. The van der Waals surface area contributed by atoms with Gasteiger partial charge in [0.15, 0.2) is 0 Å². The molecule has 0 fully saturated rings. The Bertz CT molecular complexity index is 820. The fourth-order valence-electron chi connectivity index (χ4n) is 2.84. The van der Waals surface area contributed by atoms with Crippen LogP contribution < -0.4 is 4.74 Å². The number of fused-ring (bicyclic) bond motifs is 1. The molecule has 25 heavy (non-hydrogen) atoms. The van der Waals surface area contributed by atoms with Crippen LogP contribution in [0.5, 0.6) is 5.75 Å². The van der Waals surface area contributed by atoms with Gasteiger partial charge in [0, 0.05) is 35.3 Å². The molecule has 0 aliphatic carbocycles. The van der Waals surface area contributed by atoms with Gasteiger partial charge in [0.25, 0.3) is 5.91 Å². The van der Waals surface area contributed by atoms with Crippen molar-refractivity contribution in [3.63, 3.8) is 0 Å². The molecule has 1 aliphatic heterocycles. The molecule has 0 saturated heterocycles. The van der Waals surface area contributed by atoms with Crippen LogP contribution in [0.25, 0.3) is 0 Å². The third-order valence-electron chi connectivity index (χ3n) is 4.17. The summed E-state index contributed by atoms with van der Waals surface area (Å²) in [5.41, 5.74) is 0.431. The van der Waals surface area contributed by atoms with Gasteiger partial charge in [-0.2, -0.15) is 13.2 Å². The molecule has 0 bridgehead atoms. The van der Waals surface area contributed by atoms with Gasteiger partial charge in [0.05, 0.1) is 5.56 Å². The van der Waals surface area contributed by atoms with Crippen LogP contribution in [0, 0.1) is 0 Å². The predicted molar refractivity (Wildman–Crippen MR) is 87.9 cm³/mol. The van der Waals surface area contributed by atoms with Crippen molar-refractivity contribution in [2.24, 2.45) is 0 Å². The number of rotatable bonds is 3. The van der Waals surface area contributed by atoms with Gasteiger partial charge in [-0.3, -0.25) is 4.79 Å². The molecule has 132 valence electrons. The number of alkyl halides is 3. The van der Waals surface area contributed by atoms with Crippen LogP contribution in [0.4, 0.5) is 13.2 Å². The molecule has 0 N–H and O–H groups in total. The number of amides is 1. The summed E-state index contributed by atoms with van der Waals surface area (Å²) in [6.45, 7) is 0.285. The first-order valence-electron chi connectivity index (χ1n) is 7.63. The summed E-state index contributed by atoms with van der Waals surface area (Å²) in [5.74, 6) is 0.316. The summed E-state index contributed by atoms with van der Waals surface area (Å²) in [4.78, 5) is 13.8. The van der Waals surface area contributed by atoms with Crippen molar-refractivity contribution in [1.82, 2.24) is 4.90 Å². The molecule has 0 unspecified atom stereocenters. The number of carbonyl (C=O) groups is 1. The largest absolute Gasteiger partial charge is 0.489 e. The second kappa shape index (κ2) is 6.59. The highest BCUT2D eigenvalue weighted by Gasteiger charge is 2.34. The van der Waals surface area contributed by atoms with Crippen molar-refractivity contribution in [2.75, 3.05) is 13.6 Å². The number of nitrogens with zero attached hydrogens (tertiary/aromatic N) is 1. The van der Waals surface area contributed by atoms with Crippen molar-refractivity contribution in [2.45, 2.75) is 19.2 Å². The highest BCUT2D eigenvalue weighted by atomic mass is 35.5. The second-order valence-corrected chi connectivity index (χ2v) is 6.28. The van der Waals surface area contributed by atoms with Gasteiger partial charge in [-0.05, 0) is 30.7 Å². The van der Waals surface area contributed by atoms with Gasteiger partial charge < -0.3 is 9.64 Å². The molecule has 0 spiro atoms. The normalized spacial score (nSPS) is 14.4. The molecule has 7 heteroatoms. The van der Waals surface area contributed by atoms with Crippen molar-refractivity contribution in [1.29, 1.82) is 0 Å². The summed E-state index contributed by atoms with van der Waals surface area (Å²) in [6, 6.07) is 8.62. The zero-order valence-corrected chi connectivity index (χ0v) is 14.1. The van der Waals surface area contributed by atoms with Gasteiger partial charge in [-0.1, -0.05) is 23.7 Å². The Morgan fingerprint density at radius 1 is 1.24 bits per heavy atom. The molecule has 2 aromatic rings. The van der Waals surface area contributed by atoms with Crippen LogP contribution >= 0.6 is 11.6 Å². The van der Waals surface area contributed by atoms with Gasteiger partial charge >= 0.3 is 6.18 Å². The van der Waals surface area contributed by atoms with E-state index < -0.39 is 11.7 Å². The topological polar surface area (TPSA) is 29.5 Å². The molecular weight excluding hydrogens is 355 g/mol. The van der Waals surface area contributed by atoms with E-state index in [1.54, 1.807) is 30.1 Å². The lowest BCUT2D eigenvalue weighted by molar-refractivity contribution is -0.138. The molecule has 1 heterocycles. The van der Waals surface area contributed by atoms with E-state index in [-0.39, 0.29) is 23.1 Å². The van der Waals surface area contributed by atoms with Crippen molar-refractivity contribution >= 4 is 17.5 Å². The molecule has 0 aromatic heterocycles.